The van der Waals surface area contributed by atoms with E-state index in [-0.39, 0.29) is 10.9 Å². The van der Waals surface area contributed by atoms with Crippen LogP contribution in [0.5, 0.6) is 17.2 Å². The molecule has 2 rings (SSSR count). The third-order valence-electron chi connectivity index (χ3n) is 4.97. The lowest BCUT2D eigenvalue weighted by Gasteiger charge is -2.22. The van der Waals surface area contributed by atoms with Gasteiger partial charge >= 0.3 is 5.97 Å². The van der Waals surface area contributed by atoms with Gasteiger partial charge in [-0.1, -0.05) is 37.0 Å². The number of hydrogen-bond donors (Lipinski definition) is 3. The van der Waals surface area contributed by atoms with Crippen molar-refractivity contribution in [1.82, 2.24) is 10.7 Å². The van der Waals surface area contributed by atoms with E-state index in [2.05, 4.69) is 15.8 Å². The SMILES string of the molecule is CCOc1cc(/C=N\NC(=O)[C@@H](CC(C)C)NC(=O)[C@@H](C)Oc2ccc(Cl)cc2Cl)cc(I)c1OCC(=O)O. The molecule has 0 radical (unpaired) electrons. The molecule has 0 bridgehead atoms. The summed E-state index contributed by atoms with van der Waals surface area (Å²) < 4.78 is 17.2. The summed E-state index contributed by atoms with van der Waals surface area (Å²) in [4.78, 5) is 36.6. The maximum Gasteiger partial charge on any atom is 0.341 e. The van der Waals surface area contributed by atoms with E-state index in [0.29, 0.717) is 44.4 Å². The van der Waals surface area contributed by atoms with Crippen molar-refractivity contribution in [3.05, 3.63) is 49.5 Å². The molecule has 2 aromatic carbocycles. The minimum atomic E-state index is -1.11. The number of hydrogen-bond acceptors (Lipinski definition) is 7. The summed E-state index contributed by atoms with van der Waals surface area (Å²) in [6.07, 6.45) is 0.839. The number of nitrogens with one attached hydrogen (secondary N) is 2. The molecular formula is C26H30Cl2IN3O7. The molecule has 2 amide bonds. The second-order valence-corrected chi connectivity index (χ2v) is 10.7. The van der Waals surface area contributed by atoms with Crippen LogP contribution < -0.4 is 25.0 Å². The summed E-state index contributed by atoms with van der Waals surface area (Å²) in [7, 11) is 0. The van der Waals surface area contributed by atoms with Crippen molar-refractivity contribution in [3.63, 3.8) is 0 Å². The molecule has 0 saturated carbocycles. The Morgan fingerprint density at radius 1 is 1.08 bits per heavy atom. The Hall–Kier alpha value is -2.77. The number of nitrogens with zero attached hydrogens (tertiary/aromatic N) is 1. The van der Waals surface area contributed by atoms with Gasteiger partial charge in [0.1, 0.15) is 11.8 Å². The molecule has 13 heteroatoms. The van der Waals surface area contributed by atoms with Crippen LogP contribution in [-0.2, 0) is 14.4 Å². The van der Waals surface area contributed by atoms with Crippen molar-refractivity contribution in [2.24, 2.45) is 11.0 Å². The lowest BCUT2D eigenvalue weighted by molar-refractivity contribution is -0.139. The van der Waals surface area contributed by atoms with Gasteiger partial charge in [-0.05, 0) is 84.7 Å². The Balaban J connectivity index is 2.09. The number of aliphatic carboxylic acids is 1. The molecule has 2 atom stereocenters. The van der Waals surface area contributed by atoms with Gasteiger partial charge < -0.3 is 24.6 Å². The Bertz CT molecular complexity index is 1210. The summed E-state index contributed by atoms with van der Waals surface area (Å²) in [5.74, 6) is -1.08. The van der Waals surface area contributed by atoms with Gasteiger partial charge in [-0.2, -0.15) is 5.10 Å². The number of carbonyl (C=O) groups excluding carboxylic acids is 2. The molecule has 0 fully saturated rings. The van der Waals surface area contributed by atoms with Gasteiger partial charge in [-0.15, -0.1) is 0 Å². The zero-order valence-corrected chi connectivity index (χ0v) is 25.5. The van der Waals surface area contributed by atoms with Crippen molar-refractivity contribution in [3.8, 4) is 17.2 Å². The number of halogens is 3. The van der Waals surface area contributed by atoms with Crippen molar-refractivity contribution < 1.29 is 33.7 Å². The van der Waals surface area contributed by atoms with Crippen LogP contribution in [0.25, 0.3) is 0 Å². The van der Waals surface area contributed by atoms with E-state index < -0.39 is 36.5 Å². The highest BCUT2D eigenvalue weighted by Crippen LogP contribution is 2.34. The first kappa shape index (κ1) is 32.4. The number of carboxylic acids is 1. The minimum absolute atomic E-state index is 0.0978. The molecule has 0 aliphatic carbocycles. The molecule has 0 unspecified atom stereocenters. The number of rotatable bonds is 14. The van der Waals surface area contributed by atoms with Gasteiger partial charge in [0.05, 0.1) is 21.4 Å². The van der Waals surface area contributed by atoms with Crippen molar-refractivity contribution in [2.75, 3.05) is 13.2 Å². The Kier molecular flexibility index (Phi) is 13.1. The lowest BCUT2D eigenvalue weighted by Crippen LogP contribution is -2.49. The zero-order chi connectivity index (χ0) is 29.1. The van der Waals surface area contributed by atoms with E-state index in [1.165, 1.54) is 12.3 Å². The number of hydrazone groups is 1. The van der Waals surface area contributed by atoms with Crippen LogP contribution in [0.4, 0.5) is 0 Å². The van der Waals surface area contributed by atoms with Crippen LogP contribution in [0.3, 0.4) is 0 Å². The third-order valence-corrected chi connectivity index (χ3v) is 6.30. The molecule has 0 saturated heterocycles. The second kappa shape index (κ2) is 15.7. The largest absolute Gasteiger partial charge is 0.490 e. The van der Waals surface area contributed by atoms with Crippen LogP contribution in [0, 0.1) is 9.49 Å². The molecule has 0 heterocycles. The zero-order valence-electron chi connectivity index (χ0n) is 21.8. The molecule has 39 heavy (non-hydrogen) atoms. The number of carbonyl (C=O) groups is 3. The monoisotopic (exact) mass is 693 g/mol. The molecule has 0 spiro atoms. The van der Waals surface area contributed by atoms with E-state index >= 15 is 0 Å². The van der Waals surface area contributed by atoms with Gasteiger partial charge in [0.2, 0.25) is 0 Å². The van der Waals surface area contributed by atoms with Crippen LogP contribution in [0.2, 0.25) is 10.0 Å². The van der Waals surface area contributed by atoms with Crippen molar-refractivity contribution >= 4 is 69.8 Å². The molecule has 0 aromatic heterocycles. The third kappa shape index (κ3) is 10.7. The highest BCUT2D eigenvalue weighted by atomic mass is 127. The quantitative estimate of drug-likeness (QED) is 0.145. The number of carboxylic acid groups (broad SMARTS) is 1. The molecule has 0 aliphatic heterocycles. The van der Waals surface area contributed by atoms with E-state index in [1.54, 1.807) is 38.1 Å². The Labute approximate surface area is 250 Å². The van der Waals surface area contributed by atoms with Gasteiger partial charge in [0.15, 0.2) is 24.2 Å². The highest BCUT2D eigenvalue weighted by molar-refractivity contribution is 14.1. The molecular weight excluding hydrogens is 664 g/mol. The lowest BCUT2D eigenvalue weighted by atomic mass is 10.0. The number of amides is 2. The van der Waals surface area contributed by atoms with Crippen LogP contribution in [-0.4, -0.2) is 54.5 Å². The molecule has 3 N–H and O–H groups in total. The van der Waals surface area contributed by atoms with E-state index in [1.807, 2.05) is 36.4 Å². The van der Waals surface area contributed by atoms with Crippen molar-refractivity contribution in [2.45, 2.75) is 46.3 Å². The summed E-state index contributed by atoms with van der Waals surface area (Å²) in [5.41, 5.74) is 3.04. The van der Waals surface area contributed by atoms with Crippen LogP contribution in [0.1, 0.15) is 39.7 Å². The average molecular weight is 694 g/mol. The standard InChI is InChI=1S/C26H30Cl2IN3O7/c1-5-37-22-10-16(9-19(29)24(22)38-13-23(33)34)12-30-32-26(36)20(8-14(2)3)31-25(35)15(4)39-21-7-6-17(27)11-18(21)28/h6-7,9-12,14-15,20H,5,8,13H2,1-4H3,(H,31,35)(H,32,36)(H,33,34)/b30-12-/t15-,20-/m1/s1. The molecule has 2 aromatic rings. The van der Waals surface area contributed by atoms with Crippen molar-refractivity contribution in [1.29, 1.82) is 0 Å². The Morgan fingerprint density at radius 3 is 2.41 bits per heavy atom. The predicted molar refractivity (Wildman–Crippen MR) is 157 cm³/mol. The summed E-state index contributed by atoms with van der Waals surface area (Å²) in [6.45, 7) is 7.00. The topological polar surface area (TPSA) is 136 Å². The minimum Gasteiger partial charge on any atom is -0.490 e. The molecule has 212 valence electrons. The fourth-order valence-corrected chi connectivity index (χ4v) is 4.49. The predicted octanol–water partition coefficient (Wildman–Crippen LogP) is 4.91. The van der Waals surface area contributed by atoms with Crippen LogP contribution in [0.15, 0.2) is 35.4 Å². The molecule has 10 nitrogen and oxygen atoms in total. The number of benzene rings is 2. The summed E-state index contributed by atoms with van der Waals surface area (Å²) >= 11 is 14.0. The Morgan fingerprint density at radius 2 is 1.79 bits per heavy atom. The summed E-state index contributed by atoms with van der Waals surface area (Å²) in [6, 6.07) is 7.11. The second-order valence-electron chi connectivity index (χ2n) is 8.71. The fraction of sp³-hybridized carbons (Fsp3) is 0.385. The van der Waals surface area contributed by atoms with Crippen LogP contribution >= 0.6 is 45.8 Å². The first-order valence-corrected chi connectivity index (χ1v) is 13.8. The van der Waals surface area contributed by atoms with Gasteiger partial charge in [-0.3, -0.25) is 9.59 Å². The smallest absolute Gasteiger partial charge is 0.341 e. The normalized spacial score (nSPS) is 12.6. The number of ether oxygens (including phenoxy) is 3. The molecule has 0 aliphatic rings. The van der Waals surface area contributed by atoms with Gasteiger partial charge in [-0.25, -0.2) is 10.2 Å². The van der Waals surface area contributed by atoms with E-state index in [9.17, 15) is 14.4 Å². The summed E-state index contributed by atoms with van der Waals surface area (Å²) in [5, 5.41) is 16.3. The fourth-order valence-electron chi connectivity index (χ4n) is 3.25. The maximum atomic E-state index is 12.9. The highest BCUT2D eigenvalue weighted by Gasteiger charge is 2.25. The first-order valence-electron chi connectivity index (χ1n) is 12.0. The van der Waals surface area contributed by atoms with E-state index in [0.717, 1.165) is 0 Å². The first-order chi connectivity index (χ1) is 18.4. The van der Waals surface area contributed by atoms with Gasteiger partial charge in [0.25, 0.3) is 11.8 Å². The maximum absolute atomic E-state index is 12.9. The van der Waals surface area contributed by atoms with Gasteiger partial charge in [0, 0.05) is 5.02 Å². The average Bonchev–Trinajstić information content (AvgIpc) is 2.84. The van der Waals surface area contributed by atoms with E-state index in [4.69, 9.17) is 42.5 Å².